The molecule has 0 bridgehead atoms. The Bertz CT molecular complexity index is 375. The zero-order valence-corrected chi connectivity index (χ0v) is 12.3. The predicted octanol–water partition coefficient (Wildman–Crippen LogP) is 1.46. The number of aliphatic carboxylic acids is 1. The van der Waals surface area contributed by atoms with E-state index in [0.29, 0.717) is 25.6 Å². The summed E-state index contributed by atoms with van der Waals surface area (Å²) in [6, 6.07) is 0. The normalized spacial score (nSPS) is 34.2. The van der Waals surface area contributed by atoms with Crippen LogP contribution in [0.4, 0.5) is 0 Å². The average molecular weight is 282 g/mol. The molecule has 114 valence electrons. The first-order chi connectivity index (χ1) is 9.47. The number of hydrogen-bond donors (Lipinski definition) is 2. The van der Waals surface area contributed by atoms with Crippen molar-refractivity contribution >= 4 is 11.9 Å². The monoisotopic (exact) mass is 282 g/mol. The van der Waals surface area contributed by atoms with Crippen LogP contribution in [0.2, 0.25) is 0 Å². The van der Waals surface area contributed by atoms with Crippen LogP contribution < -0.4 is 5.73 Å². The molecule has 1 heterocycles. The zero-order valence-electron chi connectivity index (χ0n) is 12.3. The molecule has 0 aromatic carbocycles. The van der Waals surface area contributed by atoms with Gasteiger partial charge in [-0.15, -0.1) is 0 Å². The van der Waals surface area contributed by atoms with Crippen molar-refractivity contribution in [3.05, 3.63) is 0 Å². The molecule has 1 saturated heterocycles. The summed E-state index contributed by atoms with van der Waals surface area (Å²) >= 11 is 0. The van der Waals surface area contributed by atoms with Gasteiger partial charge in [-0.2, -0.15) is 0 Å². The van der Waals surface area contributed by atoms with Crippen LogP contribution in [0.15, 0.2) is 0 Å². The van der Waals surface area contributed by atoms with Crippen LogP contribution in [0.25, 0.3) is 0 Å². The Morgan fingerprint density at radius 2 is 1.95 bits per heavy atom. The Hall–Kier alpha value is -1.10. The number of nitrogens with zero attached hydrogens (tertiary/aromatic N) is 1. The summed E-state index contributed by atoms with van der Waals surface area (Å²) in [6.07, 6.45) is 4.85. The summed E-state index contributed by atoms with van der Waals surface area (Å²) < 4.78 is 0. The van der Waals surface area contributed by atoms with Crippen LogP contribution in [-0.2, 0) is 9.59 Å². The largest absolute Gasteiger partial charge is 0.481 e. The summed E-state index contributed by atoms with van der Waals surface area (Å²) in [7, 11) is 0. The molecule has 3 N–H and O–H groups in total. The quantitative estimate of drug-likeness (QED) is 0.817. The third-order valence-electron chi connectivity index (χ3n) is 5.11. The summed E-state index contributed by atoms with van der Waals surface area (Å²) in [6.45, 7) is 3.92. The molecule has 1 amide bonds. The minimum Gasteiger partial charge on any atom is -0.481 e. The number of amides is 1. The van der Waals surface area contributed by atoms with Crippen LogP contribution in [-0.4, -0.2) is 41.5 Å². The molecule has 20 heavy (non-hydrogen) atoms. The van der Waals surface area contributed by atoms with Crippen LogP contribution in [0.1, 0.15) is 45.4 Å². The van der Waals surface area contributed by atoms with E-state index in [9.17, 15) is 9.59 Å². The van der Waals surface area contributed by atoms with Gasteiger partial charge < -0.3 is 15.7 Å². The van der Waals surface area contributed by atoms with Crippen molar-refractivity contribution in [3.8, 4) is 0 Å². The summed E-state index contributed by atoms with van der Waals surface area (Å²) in [4.78, 5) is 25.4. The molecule has 1 atom stereocenters. The van der Waals surface area contributed by atoms with Crippen molar-refractivity contribution in [2.75, 3.05) is 19.6 Å². The topological polar surface area (TPSA) is 83.6 Å². The lowest BCUT2D eigenvalue weighted by Crippen LogP contribution is -2.49. The van der Waals surface area contributed by atoms with Crippen LogP contribution in [0.5, 0.6) is 0 Å². The molecular formula is C15H26N2O3. The lowest BCUT2D eigenvalue weighted by molar-refractivity contribution is -0.144. The standard InChI is InChI=1S/C15H26N2O3/c1-11-2-5-15(10-16,6-3-11)14(20)17-7-4-12(9-17)8-13(18)19/h11-12H,2-10,16H2,1H3,(H,18,19). The van der Waals surface area contributed by atoms with Gasteiger partial charge in [0.2, 0.25) is 5.91 Å². The molecule has 2 rings (SSSR count). The zero-order chi connectivity index (χ0) is 14.8. The number of carbonyl (C=O) groups excluding carboxylic acids is 1. The second-order valence-corrected chi connectivity index (χ2v) is 6.67. The van der Waals surface area contributed by atoms with E-state index in [4.69, 9.17) is 10.8 Å². The average Bonchev–Trinajstić information content (AvgIpc) is 2.87. The number of carbonyl (C=O) groups is 2. The molecule has 0 spiro atoms. The van der Waals surface area contributed by atoms with Gasteiger partial charge in [-0.3, -0.25) is 9.59 Å². The van der Waals surface area contributed by atoms with Gasteiger partial charge in [-0.25, -0.2) is 0 Å². The lowest BCUT2D eigenvalue weighted by atomic mass is 9.70. The van der Waals surface area contributed by atoms with E-state index in [1.54, 1.807) is 0 Å². The minimum absolute atomic E-state index is 0.105. The van der Waals surface area contributed by atoms with E-state index in [0.717, 1.165) is 32.1 Å². The van der Waals surface area contributed by atoms with E-state index < -0.39 is 5.97 Å². The van der Waals surface area contributed by atoms with Gasteiger partial charge in [0, 0.05) is 26.1 Å². The number of carboxylic acids is 1. The maximum atomic E-state index is 12.8. The number of likely N-dealkylation sites (tertiary alicyclic amines) is 1. The molecule has 5 nitrogen and oxygen atoms in total. The van der Waals surface area contributed by atoms with Crippen molar-refractivity contribution in [3.63, 3.8) is 0 Å². The van der Waals surface area contributed by atoms with Gasteiger partial charge in [-0.05, 0) is 43.9 Å². The van der Waals surface area contributed by atoms with Crippen molar-refractivity contribution < 1.29 is 14.7 Å². The fraction of sp³-hybridized carbons (Fsp3) is 0.867. The fourth-order valence-corrected chi connectivity index (χ4v) is 3.59. The SMILES string of the molecule is CC1CCC(CN)(C(=O)N2CCC(CC(=O)O)C2)CC1. The van der Waals surface area contributed by atoms with Crippen molar-refractivity contribution in [2.24, 2.45) is 23.0 Å². The Kier molecular flexibility index (Phi) is 4.68. The summed E-state index contributed by atoms with van der Waals surface area (Å²) in [5.74, 6) is 0.179. The van der Waals surface area contributed by atoms with Gasteiger partial charge >= 0.3 is 5.97 Å². The lowest BCUT2D eigenvalue weighted by Gasteiger charge is -2.39. The molecule has 2 fully saturated rings. The summed E-state index contributed by atoms with van der Waals surface area (Å²) in [5, 5.41) is 8.85. The van der Waals surface area contributed by atoms with Gasteiger partial charge in [0.25, 0.3) is 0 Å². The maximum Gasteiger partial charge on any atom is 0.303 e. The first-order valence-corrected chi connectivity index (χ1v) is 7.68. The highest BCUT2D eigenvalue weighted by atomic mass is 16.4. The van der Waals surface area contributed by atoms with E-state index in [-0.39, 0.29) is 23.7 Å². The molecule has 5 heteroatoms. The minimum atomic E-state index is -0.774. The number of carboxylic acid groups (broad SMARTS) is 1. The predicted molar refractivity (Wildman–Crippen MR) is 76.1 cm³/mol. The van der Waals surface area contributed by atoms with Crippen LogP contribution in [0.3, 0.4) is 0 Å². The Morgan fingerprint density at radius 1 is 1.30 bits per heavy atom. The Labute approximate surface area is 120 Å². The van der Waals surface area contributed by atoms with Gasteiger partial charge in [0.05, 0.1) is 5.41 Å². The molecular weight excluding hydrogens is 256 g/mol. The van der Waals surface area contributed by atoms with Crippen molar-refractivity contribution in [2.45, 2.75) is 45.4 Å². The molecule has 0 radical (unpaired) electrons. The highest BCUT2D eigenvalue weighted by molar-refractivity contribution is 5.83. The first-order valence-electron chi connectivity index (χ1n) is 7.68. The molecule has 0 aromatic rings. The third-order valence-corrected chi connectivity index (χ3v) is 5.11. The molecule has 1 aliphatic carbocycles. The summed E-state index contributed by atoms with van der Waals surface area (Å²) in [5.41, 5.74) is 5.54. The highest BCUT2D eigenvalue weighted by Crippen LogP contribution is 2.40. The number of nitrogens with two attached hydrogens (primary N) is 1. The van der Waals surface area contributed by atoms with E-state index >= 15 is 0 Å². The third kappa shape index (κ3) is 3.14. The first kappa shape index (κ1) is 15.3. The van der Waals surface area contributed by atoms with Gasteiger partial charge in [0.1, 0.15) is 0 Å². The van der Waals surface area contributed by atoms with Crippen molar-refractivity contribution in [1.82, 2.24) is 4.90 Å². The maximum absolute atomic E-state index is 12.8. The second-order valence-electron chi connectivity index (χ2n) is 6.67. The molecule has 0 aromatic heterocycles. The second kappa shape index (κ2) is 6.12. The fourth-order valence-electron chi connectivity index (χ4n) is 3.59. The van der Waals surface area contributed by atoms with Gasteiger partial charge in [-0.1, -0.05) is 6.92 Å². The molecule has 2 aliphatic rings. The van der Waals surface area contributed by atoms with E-state index in [2.05, 4.69) is 6.92 Å². The molecule has 1 aliphatic heterocycles. The Morgan fingerprint density at radius 3 is 2.50 bits per heavy atom. The Balaban J connectivity index is 1.98. The van der Waals surface area contributed by atoms with Gasteiger partial charge in [0.15, 0.2) is 0 Å². The van der Waals surface area contributed by atoms with Crippen molar-refractivity contribution in [1.29, 1.82) is 0 Å². The van der Waals surface area contributed by atoms with E-state index in [1.165, 1.54) is 0 Å². The van der Waals surface area contributed by atoms with Crippen LogP contribution in [0, 0.1) is 17.3 Å². The molecule has 1 saturated carbocycles. The number of rotatable bonds is 4. The number of hydrogen-bond acceptors (Lipinski definition) is 3. The van der Waals surface area contributed by atoms with Crippen LogP contribution >= 0.6 is 0 Å². The smallest absolute Gasteiger partial charge is 0.303 e. The van der Waals surface area contributed by atoms with E-state index in [1.807, 2.05) is 4.90 Å². The molecule has 1 unspecified atom stereocenters. The highest BCUT2D eigenvalue weighted by Gasteiger charge is 2.43.